The summed E-state index contributed by atoms with van der Waals surface area (Å²) in [4.78, 5) is -0.205. The van der Waals surface area contributed by atoms with E-state index in [9.17, 15) is 16.8 Å². The minimum absolute atomic E-state index is 0. The van der Waals surface area contributed by atoms with E-state index < -0.39 is 20.0 Å². The zero-order chi connectivity index (χ0) is 13.9. The fourth-order valence-corrected chi connectivity index (χ4v) is 4.40. The van der Waals surface area contributed by atoms with Gasteiger partial charge in [0.2, 0.25) is 0 Å². The molecule has 0 heterocycles. The number of benzene rings is 2. The molecule has 20 heavy (non-hydrogen) atoms. The number of nitrogens with one attached hydrogen (secondary N) is 1. The second-order valence-corrected chi connectivity index (χ2v) is 7.34. The van der Waals surface area contributed by atoms with Gasteiger partial charge in [-0.15, -0.1) is 4.13 Å². The van der Waals surface area contributed by atoms with Crippen molar-refractivity contribution in [1.29, 1.82) is 0 Å². The number of hydrogen-bond donors (Lipinski definition) is 1. The molecule has 0 spiro atoms. The molecule has 1 N–H and O–H groups in total. The molecule has 2 rings (SSSR count). The van der Waals surface area contributed by atoms with Crippen LogP contribution in [0.25, 0.3) is 0 Å². The third kappa shape index (κ3) is 4.15. The summed E-state index contributed by atoms with van der Waals surface area (Å²) in [5.74, 6) is 0. The quantitative estimate of drug-likeness (QED) is 0.841. The van der Waals surface area contributed by atoms with Crippen LogP contribution in [0.2, 0.25) is 0 Å². The minimum atomic E-state index is -4.10. The van der Waals surface area contributed by atoms with Gasteiger partial charge in [0, 0.05) is 0 Å². The molecule has 0 fully saturated rings. The van der Waals surface area contributed by atoms with Crippen molar-refractivity contribution < 1.29 is 16.8 Å². The Balaban J connectivity index is 0.00000200. The molecule has 0 saturated carbocycles. The van der Waals surface area contributed by atoms with Gasteiger partial charge in [0.1, 0.15) is 0 Å². The Labute approximate surface area is 140 Å². The molecule has 2 aromatic rings. The molecule has 2 aromatic carbocycles. The summed E-state index contributed by atoms with van der Waals surface area (Å²) < 4.78 is 49.4. The van der Waals surface area contributed by atoms with Crippen molar-refractivity contribution in [3.8, 4) is 0 Å². The third-order valence-corrected chi connectivity index (χ3v) is 5.87. The van der Waals surface area contributed by atoms with Crippen LogP contribution in [0.3, 0.4) is 0 Å². The van der Waals surface area contributed by atoms with Gasteiger partial charge in [0.25, 0.3) is 20.0 Å². The van der Waals surface area contributed by atoms with Gasteiger partial charge >= 0.3 is 29.6 Å². The molecule has 102 valence electrons. The number of rotatable bonds is 4. The molecule has 0 aliphatic rings. The van der Waals surface area contributed by atoms with Crippen LogP contribution in [0.15, 0.2) is 70.5 Å². The molecule has 0 unspecified atom stereocenters. The van der Waals surface area contributed by atoms with Gasteiger partial charge in [-0.2, -0.15) is 0 Å². The van der Waals surface area contributed by atoms with Crippen molar-refractivity contribution in [3.63, 3.8) is 0 Å². The Morgan fingerprint density at radius 2 is 0.900 bits per heavy atom. The molecule has 0 saturated heterocycles. The Hall–Kier alpha value is -0.700. The van der Waals surface area contributed by atoms with Crippen LogP contribution in [0.4, 0.5) is 0 Å². The standard InChI is InChI=1S/C12H11NO4S2.Na.H/c14-18(15,11-7-3-1-4-8-11)13-19(16,17)12-9-5-2-6-10-12;;/h1-10,13H;;. The monoisotopic (exact) mass is 321 g/mol. The summed E-state index contributed by atoms with van der Waals surface area (Å²) in [6, 6.07) is 14.6. The molecule has 8 heteroatoms. The van der Waals surface area contributed by atoms with E-state index in [1.165, 1.54) is 48.5 Å². The molecule has 0 bridgehead atoms. The first-order valence-corrected chi connectivity index (χ1v) is 8.27. The van der Waals surface area contributed by atoms with Crippen molar-refractivity contribution in [1.82, 2.24) is 4.13 Å². The normalized spacial score (nSPS) is 11.6. The second-order valence-electron chi connectivity index (χ2n) is 3.72. The van der Waals surface area contributed by atoms with E-state index >= 15 is 0 Å². The summed E-state index contributed by atoms with van der Waals surface area (Å²) in [6.45, 7) is 0. The third-order valence-electron chi connectivity index (χ3n) is 2.33. The fourth-order valence-electron chi connectivity index (χ4n) is 1.44. The van der Waals surface area contributed by atoms with Crippen LogP contribution in [-0.4, -0.2) is 46.4 Å². The maximum absolute atomic E-state index is 11.9. The van der Waals surface area contributed by atoms with Crippen molar-refractivity contribution in [2.24, 2.45) is 0 Å². The molecule has 0 radical (unpaired) electrons. The van der Waals surface area contributed by atoms with Gasteiger partial charge in [-0.05, 0) is 24.3 Å². The topological polar surface area (TPSA) is 80.3 Å². The molecule has 0 aliphatic carbocycles. The van der Waals surface area contributed by atoms with Crippen molar-refractivity contribution in [3.05, 3.63) is 60.7 Å². The van der Waals surface area contributed by atoms with Crippen LogP contribution in [-0.2, 0) is 20.0 Å². The number of hydrogen-bond acceptors (Lipinski definition) is 4. The fraction of sp³-hybridized carbons (Fsp3) is 0. The Morgan fingerprint density at radius 1 is 0.600 bits per heavy atom. The molecule has 0 atom stereocenters. The van der Waals surface area contributed by atoms with Crippen molar-refractivity contribution in [2.75, 3.05) is 0 Å². The summed E-state index contributed by atoms with van der Waals surface area (Å²) in [6.07, 6.45) is 0. The van der Waals surface area contributed by atoms with Crippen LogP contribution in [0.1, 0.15) is 0 Å². The summed E-state index contributed by atoms with van der Waals surface area (Å²) in [5, 5.41) is 0. The van der Waals surface area contributed by atoms with Gasteiger partial charge in [-0.3, -0.25) is 0 Å². The van der Waals surface area contributed by atoms with E-state index in [-0.39, 0.29) is 39.3 Å². The predicted molar refractivity (Wildman–Crippen MR) is 77.5 cm³/mol. The van der Waals surface area contributed by atoms with Gasteiger partial charge in [0.05, 0.1) is 9.79 Å². The average Bonchev–Trinajstić information content (AvgIpc) is 2.40. The van der Waals surface area contributed by atoms with Gasteiger partial charge in [0.15, 0.2) is 0 Å². The first-order valence-electron chi connectivity index (χ1n) is 5.30. The van der Waals surface area contributed by atoms with E-state index in [2.05, 4.69) is 0 Å². The van der Waals surface area contributed by atoms with E-state index in [0.717, 1.165) is 0 Å². The van der Waals surface area contributed by atoms with E-state index in [0.29, 0.717) is 0 Å². The second kappa shape index (κ2) is 6.84. The van der Waals surface area contributed by atoms with E-state index in [1.807, 2.05) is 0 Å². The zero-order valence-electron chi connectivity index (χ0n) is 9.72. The van der Waals surface area contributed by atoms with Crippen LogP contribution in [0.5, 0.6) is 0 Å². The summed E-state index contributed by atoms with van der Waals surface area (Å²) >= 11 is 0. The maximum atomic E-state index is 11.9. The number of sulfonamides is 2. The molecule has 0 amide bonds. The van der Waals surface area contributed by atoms with E-state index in [1.54, 1.807) is 16.3 Å². The van der Waals surface area contributed by atoms with Gasteiger partial charge in [-0.1, -0.05) is 36.4 Å². The van der Waals surface area contributed by atoms with Crippen LogP contribution >= 0.6 is 0 Å². The zero-order valence-corrected chi connectivity index (χ0v) is 11.4. The Morgan fingerprint density at radius 3 is 1.20 bits per heavy atom. The molecular formula is C12H12NNaO4S2. The van der Waals surface area contributed by atoms with Crippen LogP contribution < -0.4 is 4.13 Å². The molecule has 5 nitrogen and oxygen atoms in total. The average molecular weight is 321 g/mol. The van der Waals surface area contributed by atoms with Gasteiger partial charge in [-0.25, -0.2) is 16.8 Å². The summed E-state index contributed by atoms with van der Waals surface area (Å²) in [5.41, 5.74) is 0. The first kappa shape index (κ1) is 17.4. The molecule has 0 aliphatic heterocycles. The summed E-state index contributed by atoms with van der Waals surface area (Å²) in [7, 11) is -8.21. The Bertz CT molecular complexity index is 692. The predicted octanol–water partition coefficient (Wildman–Crippen LogP) is 0.705. The van der Waals surface area contributed by atoms with Crippen molar-refractivity contribution in [2.45, 2.75) is 9.79 Å². The molecular weight excluding hydrogens is 309 g/mol. The SMILES string of the molecule is O=S(=O)(NS(=O)(=O)c1ccccc1)c1ccccc1.[NaH]. The van der Waals surface area contributed by atoms with Crippen molar-refractivity contribution >= 4 is 49.6 Å². The first-order chi connectivity index (χ1) is 8.92. The van der Waals surface area contributed by atoms with E-state index in [4.69, 9.17) is 0 Å². The Kier molecular flexibility index (Phi) is 5.93. The van der Waals surface area contributed by atoms with Crippen LogP contribution in [0, 0.1) is 0 Å². The van der Waals surface area contributed by atoms with Gasteiger partial charge < -0.3 is 0 Å². The molecule has 0 aromatic heterocycles.